The quantitative estimate of drug-likeness (QED) is 0.456. The SMILES string of the molecule is CC(=O)OCC(C)(/C=C/c1ccccc1)[N+](=O)[O-]. The maximum atomic E-state index is 11.0. The molecule has 1 aromatic carbocycles. The van der Waals surface area contributed by atoms with Crippen LogP contribution in [0.3, 0.4) is 0 Å². The summed E-state index contributed by atoms with van der Waals surface area (Å²) in [6.07, 6.45) is 3.08. The van der Waals surface area contributed by atoms with E-state index in [-0.39, 0.29) is 6.61 Å². The van der Waals surface area contributed by atoms with Crippen molar-refractivity contribution in [2.45, 2.75) is 19.4 Å². The van der Waals surface area contributed by atoms with Gasteiger partial charge in [-0.2, -0.15) is 0 Å². The zero-order chi connectivity index (χ0) is 13.6. The Balaban J connectivity index is 2.82. The molecule has 0 radical (unpaired) electrons. The van der Waals surface area contributed by atoms with Gasteiger partial charge in [-0.05, 0) is 11.6 Å². The average molecular weight is 249 g/mol. The van der Waals surface area contributed by atoms with E-state index in [0.717, 1.165) is 5.56 Å². The van der Waals surface area contributed by atoms with E-state index in [9.17, 15) is 14.9 Å². The highest BCUT2D eigenvalue weighted by atomic mass is 16.6. The van der Waals surface area contributed by atoms with Crippen LogP contribution in [0.25, 0.3) is 6.08 Å². The molecule has 96 valence electrons. The van der Waals surface area contributed by atoms with Crippen LogP contribution in [0.4, 0.5) is 0 Å². The molecule has 1 atom stereocenters. The number of esters is 1. The first kappa shape index (κ1) is 13.9. The summed E-state index contributed by atoms with van der Waals surface area (Å²) in [6, 6.07) is 9.22. The molecule has 0 N–H and O–H groups in total. The lowest BCUT2D eigenvalue weighted by Crippen LogP contribution is -2.38. The van der Waals surface area contributed by atoms with E-state index in [4.69, 9.17) is 4.74 Å². The van der Waals surface area contributed by atoms with Gasteiger partial charge in [0, 0.05) is 18.8 Å². The molecule has 1 aromatic rings. The van der Waals surface area contributed by atoms with Crippen LogP contribution in [-0.2, 0) is 9.53 Å². The summed E-state index contributed by atoms with van der Waals surface area (Å²) in [7, 11) is 0. The predicted molar refractivity (Wildman–Crippen MR) is 67.5 cm³/mol. The van der Waals surface area contributed by atoms with E-state index < -0.39 is 16.4 Å². The Morgan fingerprint density at radius 1 is 1.44 bits per heavy atom. The number of carbonyl (C=O) groups excluding carboxylic acids is 1. The predicted octanol–water partition coefficient (Wildman–Crippen LogP) is 2.30. The summed E-state index contributed by atoms with van der Waals surface area (Å²) >= 11 is 0. The Kier molecular flexibility index (Phi) is 4.59. The van der Waals surface area contributed by atoms with E-state index in [1.54, 1.807) is 6.08 Å². The number of hydrogen-bond donors (Lipinski definition) is 0. The lowest BCUT2D eigenvalue weighted by atomic mass is 10.0. The average Bonchev–Trinajstić information content (AvgIpc) is 2.35. The minimum Gasteiger partial charge on any atom is -0.458 e. The molecule has 0 aliphatic carbocycles. The van der Waals surface area contributed by atoms with Gasteiger partial charge in [0.25, 0.3) is 5.54 Å². The molecule has 18 heavy (non-hydrogen) atoms. The summed E-state index contributed by atoms with van der Waals surface area (Å²) in [6.45, 7) is 2.36. The fraction of sp³-hybridized carbons (Fsp3) is 0.308. The lowest BCUT2D eigenvalue weighted by Gasteiger charge is -2.16. The number of nitrogens with zero attached hydrogens (tertiary/aromatic N) is 1. The Labute approximate surface area is 105 Å². The molecule has 0 amide bonds. The van der Waals surface area contributed by atoms with Gasteiger partial charge in [-0.1, -0.05) is 36.4 Å². The third-order valence-corrected chi connectivity index (χ3v) is 2.42. The highest BCUT2D eigenvalue weighted by molar-refractivity contribution is 5.66. The zero-order valence-corrected chi connectivity index (χ0v) is 10.3. The van der Waals surface area contributed by atoms with Crippen molar-refractivity contribution in [3.05, 3.63) is 52.1 Å². The van der Waals surface area contributed by atoms with Gasteiger partial charge < -0.3 is 4.74 Å². The van der Waals surface area contributed by atoms with Gasteiger partial charge >= 0.3 is 5.97 Å². The Morgan fingerprint density at radius 3 is 2.56 bits per heavy atom. The van der Waals surface area contributed by atoms with Crippen molar-refractivity contribution in [2.24, 2.45) is 0 Å². The molecule has 0 spiro atoms. The largest absolute Gasteiger partial charge is 0.458 e. The molecule has 5 nitrogen and oxygen atoms in total. The molecule has 5 heteroatoms. The number of rotatable bonds is 5. The second kappa shape index (κ2) is 5.95. The molecule has 1 rings (SSSR count). The third-order valence-electron chi connectivity index (χ3n) is 2.42. The highest BCUT2D eigenvalue weighted by Crippen LogP contribution is 2.14. The summed E-state index contributed by atoms with van der Waals surface area (Å²) < 4.78 is 4.72. The minimum atomic E-state index is -1.42. The van der Waals surface area contributed by atoms with Gasteiger partial charge in [0.05, 0.1) is 0 Å². The van der Waals surface area contributed by atoms with E-state index in [1.165, 1.54) is 19.9 Å². The second-order valence-corrected chi connectivity index (χ2v) is 4.14. The maximum absolute atomic E-state index is 11.0. The van der Waals surface area contributed by atoms with Gasteiger partial charge in [0.15, 0.2) is 6.61 Å². The second-order valence-electron chi connectivity index (χ2n) is 4.14. The number of benzene rings is 1. The third kappa shape index (κ3) is 4.01. The summed E-state index contributed by atoms with van der Waals surface area (Å²) in [5.74, 6) is -0.531. The molecule has 0 aromatic heterocycles. The molecule has 0 heterocycles. The van der Waals surface area contributed by atoms with Crippen LogP contribution >= 0.6 is 0 Å². The van der Waals surface area contributed by atoms with Crippen molar-refractivity contribution in [3.8, 4) is 0 Å². The lowest BCUT2D eigenvalue weighted by molar-refractivity contribution is -0.553. The summed E-state index contributed by atoms with van der Waals surface area (Å²) in [5.41, 5.74) is -0.560. The van der Waals surface area contributed by atoms with Crippen LogP contribution in [0.5, 0.6) is 0 Å². The van der Waals surface area contributed by atoms with Crippen LogP contribution in [0, 0.1) is 10.1 Å². The Bertz CT molecular complexity index is 455. The fourth-order valence-electron chi connectivity index (χ4n) is 1.25. The van der Waals surface area contributed by atoms with Crippen molar-refractivity contribution in [1.82, 2.24) is 0 Å². The molecule has 0 aliphatic rings. The molecule has 1 unspecified atom stereocenters. The molecule has 0 bridgehead atoms. The first-order valence-corrected chi connectivity index (χ1v) is 5.46. The van der Waals surface area contributed by atoms with E-state index in [1.807, 2.05) is 30.3 Å². The van der Waals surface area contributed by atoms with Gasteiger partial charge in [-0.3, -0.25) is 14.9 Å². The van der Waals surface area contributed by atoms with Gasteiger partial charge in [0.2, 0.25) is 0 Å². The first-order valence-electron chi connectivity index (χ1n) is 5.46. The molecule has 0 aliphatic heterocycles. The monoisotopic (exact) mass is 249 g/mol. The normalized spacial score (nSPS) is 14.1. The molecular weight excluding hydrogens is 234 g/mol. The van der Waals surface area contributed by atoms with Gasteiger partial charge in [0.1, 0.15) is 0 Å². The number of ether oxygens (including phenoxy) is 1. The van der Waals surface area contributed by atoms with Gasteiger partial charge in [-0.15, -0.1) is 0 Å². The van der Waals surface area contributed by atoms with Crippen molar-refractivity contribution in [1.29, 1.82) is 0 Å². The van der Waals surface area contributed by atoms with Crippen LogP contribution in [0.1, 0.15) is 19.4 Å². The van der Waals surface area contributed by atoms with E-state index >= 15 is 0 Å². The number of carbonyl (C=O) groups is 1. The van der Waals surface area contributed by atoms with Crippen LogP contribution in [-0.4, -0.2) is 23.0 Å². The van der Waals surface area contributed by atoms with Crippen LogP contribution in [0.15, 0.2) is 36.4 Å². The fourth-order valence-corrected chi connectivity index (χ4v) is 1.25. The molecule has 0 saturated carbocycles. The zero-order valence-electron chi connectivity index (χ0n) is 10.3. The van der Waals surface area contributed by atoms with Crippen molar-refractivity contribution in [2.75, 3.05) is 6.61 Å². The molecule has 0 fully saturated rings. The Morgan fingerprint density at radius 2 is 2.06 bits per heavy atom. The first-order chi connectivity index (χ1) is 8.44. The van der Waals surface area contributed by atoms with Gasteiger partial charge in [-0.25, -0.2) is 0 Å². The highest BCUT2D eigenvalue weighted by Gasteiger charge is 2.35. The van der Waals surface area contributed by atoms with Crippen molar-refractivity contribution < 1.29 is 14.5 Å². The summed E-state index contributed by atoms with van der Waals surface area (Å²) in [5, 5.41) is 11.0. The van der Waals surface area contributed by atoms with Crippen molar-refractivity contribution >= 4 is 12.0 Å². The van der Waals surface area contributed by atoms with E-state index in [2.05, 4.69) is 0 Å². The van der Waals surface area contributed by atoms with Crippen molar-refractivity contribution in [3.63, 3.8) is 0 Å². The molecular formula is C13H15NO4. The van der Waals surface area contributed by atoms with Crippen LogP contribution in [0.2, 0.25) is 0 Å². The standard InChI is InChI=1S/C13H15NO4/c1-11(15)18-10-13(2,14(16)17)9-8-12-6-4-3-5-7-12/h3-9H,10H2,1-2H3/b9-8+. The Hall–Kier alpha value is -2.17. The maximum Gasteiger partial charge on any atom is 0.302 e. The minimum absolute atomic E-state index is 0.279. The van der Waals surface area contributed by atoms with Crippen LogP contribution < -0.4 is 0 Å². The topological polar surface area (TPSA) is 69.4 Å². The summed E-state index contributed by atoms with van der Waals surface area (Å²) in [4.78, 5) is 21.3. The smallest absolute Gasteiger partial charge is 0.302 e. The van der Waals surface area contributed by atoms with E-state index in [0.29, 0.717) is 0 Å². The number of hydrogen-bond acceptors (Lipinski definition) is 4. The molecule has 0 saturated heterocycles. The number of nitro groups is 1.